The molecule has 1 radical (unpaired) electrons. The van der Waals surface area contributed by atoms with Crippen molar-refractivity contribution in [2.45, 2.75) is 0 Å². The third-order valence-electron chi connectivity index (χ3n) is 3.41. The topological polar surface area (TPSA) is 28.9 Å². The Hall–Kier alpha value is -2.52. The molecule has 1 N–H and O–H groups in total. The highest BCUT2D eigenvalue weighted by atomic mass is 32.1. The SMILES string of the molecule is [c]1[nH]c(-c2ccccc2)c(-c2ccco2)c1-c1cccs1. The Bertz CT molecular complexity index is 827. The monoisotopic (exact) mass is 290 g/mol. The average molecular weight is 290 g/mol. The second kappa shape index (κ2) is 5.11. The zero-order chi connectivity index (χ0) is 14.1. The first-order valence-corrected chi connectivity index (χ1v) is 7.58. The highest BCUT2D eigenvalue weighted by Crippen LogP contribution is 2.41. The first kappa shape index (κ1) is 12.2. The van der Waals surface area contributed by atoms with E-state index in [1.165, 1.54) is 4.88 Å². The van der Waals surface area contributed by atoms with E-state index in [0.29, 0.717) is 0 Å². The van der Waals surface area contributed by atoms with Gasteiger partial charge in [-0.25, -0.2) is 0 Å². The molecule has 0 saturated heterocycles. The largest absolute Gasteiger partial charge is 0.464 e. The van der Waals surface area contributed by atoms with Crippen molar-refractivity contribution in [3.8, 4) is 33.0 Å². The van der Waals surface area contributed by atoms with E-state index in [2.05, 4.69) is 40.8 Å². The fourth-order valence-electron chi connectivity index (χ4n) is 2.47. The lowest BCUT2D eigenvalue weighted by atomic mass is 10.0. The Morgan fingerprint density at radius 1 is 0.952 bits per heavy atom. The van der Waals surface area contributed by atoms with Gasteiger partial charge in [0.05, 0.1) is 23.7 Å². The van der Waals surface area contributed by atoms with Gasteiger partial charge in [-0.15, -0.1) is 11.3 Å². The molecule has 0 spiro atoms. The average Bonchev–Trinajstić information content (AvgIpc) is 3.27. The van der Waals surface area contributed by atoms with Gasteiger partial charge < -0.3 is 9.40 Å². The van der Waals surface area contributed by atoms with E-state index >= 15 is 0 Å². The van der Waals surface area contributed by atoms with Gasteiger partial charge in [-0.05, 0) is 29.1 Å². The second-order valence-electron chi connectivity index (χ2n) is 4.70. The van der Waals surface area contributed by atoms with E-state index in [4.69, 9.17) is 4.42 Å². The molecule has 1 aromatic carbocycles. The van der Waals surface area contributed by atoms with E-state index in [0.717, 1.165) is 28.1 Å². The number of rotatable bonds is 3. The first-order valence-electron chi connectivity index (χ1n) is 6.70. The summed E-state index contributed by atoms with van der Waals surface area (Å²) in [6.45, 7) is 0. The van der Waals surface area contributed by atoms with Crippen molar-refractivity contribution in [2.24, 2.45) is 0 Å². The van der Waals surface area contributed by atoms with E-state index in [1.807, 2.05) is 30.3 Å². The molecule has 0 bridgehead atoms. The quantitative estimate of drug-likeness (QED) is 0.532. The van der Waals surface area contributed by atoms with Crippen molar-refractivity contribution in [1.82, 2.24) is 4.98 Å². The van der Waals surface area contributed by atoms with Crippen LogP contribution >= 0.6 is 11.3 Å². The maximum atomic E-state index is 5.64. The number of nitrogens with one attached hydrogen (secondary N) is 1. The second-order valence-corrected chi connectivity index (χ2v) is 5.64. The summed E-state index contributed by atoms with van der Waals surface area (Å²) < 4.78 is 5.64. The Morgan fingerprint density at radius 3 is 2.57 bits per heavy atom. The fourth-order valence-corrected chi connectivity index (χ4v) is 3.20. The summed E-state index contributed by atoms with van der Waals surface area (Å²) in [5.74, 6) is 0.856. The smallest absolute Gasteiger partial charge is 0.136 e. The number of hydrogen-bond donors (Lipinski definition) is 1. The number of aromatic amines is 1. The Labute approximate surface area is 126 Å². The molecule has 101 valence electrons. The predicted molar refractivity (Wildman–Crippen MR) is 86.1 cm³/mol. The summed E-state index contributed by atoms with van der Waals surface area (Å²) in [4.78, 5) is 4.47. The van der Waals surface area contributed by atoms with Gasteiger partial charge in [-0.2, -0.15) is 0 Å². The van der Waals surface area contributed by atoms with Gasteiger partial charge in [-0.1, -0.05) is 36.4 Å². The summed E-state index contributed by atoms with van der Waals surface area (Å²) in [5, 5.41) is 2.07. The Kier molecular flexibility index (Phi) is 2.98. The lowest BCUT2D eigenvalue weighted by Crippen LogP contribution is -1.82. The minimum absolute atomic E-state index is 0.856. The van der Waals surface area contributed by atoms with E-state index in [1.54, 1.807) is 17.6 Å². The van der Waals surface area contributed by atoms with Gasteiger partial charge in [0.25, 0.3) is 0 Å². The summed E-state index contributed by atoms with van der Waals surface area (Å²) in [6.07, 6.45) is 4.99. The molecular weight excluding hydrogens is 278 g/mol. The molecular formula is C18H12NOS. The molecule has 0 aliphatic carbocycles. The predicted octanol–water partition coefficient (Wildman–Crippen LogP) is 5.47. The Balaban J connectivity index is 1.97. The van der Waals surface area contributed by atoms with Crippen LogP contribution in [0.2, 0.25) is 0 Å². The van der Waals surface area contributed by atoms with Crippen molar-refractivity contribution in [3.05, 3.63) is 72.4 Å². The van der Waals surface area contributed by atoms with Crippen LogP contribution in [0, 0.1) is 6.20 Å². The molecule has 0 aliphatic rings. The molecule has 21 heavy (non-hydrogen) atoms. The third kappa shape index (κ3) is 2.12. The van der Waals surface area contributed by atoms with Gasteiger partial charge in [0.1, 0.15) is 5.76 Å². The molecule has 0 amide bonds. The maximum absolute atomic E-state index is 5.64. The van der Waals surface area contributed by atoms with Crippen LogP contribution in [0.15, 0.2) is 70.7 Å². The highest BCUT2D eigenvalue weighted by molar-refractivity contribution is 7.13. The van der Waals surface area contributed by atoms with Crippen molar-refractivity contribution in [3.63, 3.8) is 0 Å². The summed E-state index contributed by atoms with van der Waals surface area (Å²) in [5.41, 5.74) is 4.28. The van der Waals surface area contributed by atoms with Crippen molar-refractivity contribution in [1.29, 1.82) is 0 Å². The van der Waals surface area contributed by atoms with Crippen molar-refractivity contribution in [2.75, 3.05) is 0 Å². The van der Waals surface area contributed by atoms with Crippen LogP contribution in [0.1, 0.15) is 0 Å². The van der Waals surface area contributed by atoms with Crippen LogP contribution in [-0.2, 0) is 0 Å². The zero-order valence-electron chi connectivity index (χ0n) is 11.2. The van der Waals surface area contributed by atoms with E-state index in [9.17, 15) is 0 Å². The van der Waals surface area contributed by atoms with Crippen molar-refractivity contribution < 1.29 is 4.42 Å². The van der Waals surface area contributed by atoms with Gasteiger partial charge in [0.2, 0.25) is 0 Å². The molecule has 0 saturated carbocycles. The molecule has 0 atom stereocenters. The molecule has 3 aromatic heterocycles. The zero-order valence-corrected chi connectivity index (χ0v) is 12.0. The van der Waals surface area contributed by atoms with E-state index in [-0.39, 0.29) is 0 Å². The van der Waals surface area contributed by atoms with E-state index < -0.39 is 0 Å². The highest BCUT2D eigenvalue weighted by Gasteiger charge is 2.18. The molecule has 4 aromatic rings. The third-order valence-corrected chi connectivity index (χ3v) is 4.30. The number of aromatic nitrogens is 1. The standard InChI is InChI=1S/C18H12NOS/c1-2-6-13(7-3-1)18-17(15-8-4-10-20-15)14(12-19-18)16-9-5-11-21-16/h1-11,19H. The van der Waals surface area contributed by atoms with Crippen LogP contribution in [-0.4, -0.2) is 4.98 Å². The normalized spacial score (nSPS) is 10.9. The summed E-state index contributed by atoms with van der Waals surface area (Å²) >= 11 is 1.70. The summed E-state index contributed by atoms with van der Waals surface area (Å²) in [6, 6.07) is 18.3. The number of thiophene rings is 1. The molecule has 0 fully saturated rings. The molecule has 0 aliphatic heterocycles. The van der Waals surface area contributed by atoms with Gasteiger partial charge in [0.15, 0.2) is 0 Å². The lowest BCUT2D eigenvalue weighted by Gasteiger charge is -2.04. The fraction of sp³-hybridized carbons (Fsp3) is 0. The Morgan fingerprint density at radius 2 is 1.86 bits per heavy atom. The molecule has 3 heteroatoms. The number of furan rings is 1. The van der Waals surface area contributed by atoms with Gasteiger partial charge in [0, 0.05) is 10.4 Å². The van der Waals surface area contributed by atoms with Crippen molar-refractivity contribution >= 4 is 11.3 Å². The van der Waals surface area contributed by atoms with Crippen LogP contribution in [0.25, 0.3) is 33.0 Å². The molecule has 2 nitrogen and oxygen atoms in total. The van der Waals surface area contributed by atoms with Crippen LogP contribution in [0.3, 0.4) is 0 Å². The van der Waals surface area contributed by atoms with Crippen LogP contribution in [0.5, 0.6) is 0 Å². The lowest BCUT2D eigenvalue weighted by molar-refractivity contribution is 0.583. The first-order chi connectivity index (χ1) is 10.4. The maximum Gasteiger partial charge on any atom is 0.136 e. The number of H-pyrrole nitrogens is 1. The minimum Gasteiger partial charge on any atom is -0.464 e. The van der Waals surface area contributed by atoms with Crippen LogP contribution < -0.4 is 0 Å². The molecule has 0 unspecified atom stereocenters. The minimum atomic E-state index is 0.856. The number of benzene rings is 1. The number of hydrogen-bond acceptors (Lipinski definition) is 2. The van der Waals surface area contributed by atoms with Gasteiger partial charge >= 0.3 is 0 Å². The molecule has 3 heterocycles. The van der Waals surface area contributed by atoms with Crippen LogP contribution in [0.4, 0.5) is 0 Å². The summed E-state index contributed by atoms with van der Waals surface area (Å²) in [7, 11) is 0. The van der Waals surface area contributed by atoms with Gasteiger partial charge in [-0.3, -0.25) is 0 Å². The molecule has 4 rings (SSSR count).